The largest absolute Gasteiger partial charge is 0.493 e. The van der Waals surface area contributed by atoms with Crippen LogP contribution in [0, 0.1) is 5.41 Å². The fraction of sp³-hybridized carbons (Fsp3) is 0.579. The van der Waals surface area contributed by atoms with Gasteiger partial charge in [-0.1, -0.05) is 0 Å². The molecule has 150 valence electrons. The van der Waals surface area contributed by atoms with Crippen LogP contribution in [0.5, 0.6) is 11.5 Å². The topological polar surface area (TPSA) is 97.9 Å². The minimum absolute atomic E-state index is 0.0453. The van der Waals surface area contributed by atoms with Gasteiger partial charge in [-0.05, 0) is 44.1 Å². The predicted octanol–water partition coefficient (Wildman–Crippen LogP) is 0.566. The van der Waals surface area contributed by atoms with Crippen LogP contribution in [-0.4, -0.2) is 65.9 Å². The number of ether oxygens (including phenoxy) is 3. The van der Waals surface area contributed by atoms with Crippen LogP contribution in [0.25, 0.3) is 0 Å². The summed E-state index contributed by atoms with van der Waals surface area (Å²) in [4.78, 5) is 23.9. The lowest BCUT2D eigenvalue weighted by atomic mass is 9.79. The molecule has 8 heteroatoms. The number of carbonyl (C=O) groups is 2. The molecule has 0 unspecified atom stereocenters. The maximum Gasteiger partial charge on any atom is 0.257 e. The van der Waals surface area contributed by atoms with Crippen molar-refractivity contribution in [2.75, 3.05) is 54.1 Å². The first kappa shape index (κ1) is 21.0. The Morgan fingerprint density at radius 3 is 2.56 bits per heavy atom. The molecule has 2 rings (SSSR count). The third kappa shape index (κ3) is 5.83. The molecule has 0 atom stereocenters. The summed E-state index contributed by atoms with van der Waals surface area (Å²) in [5.41, 5.74) is 0.427. The maximum atomic E-state index is 12.6. The van der Waals surface area contributed by atoms with Crippen molar-refractivity contribution in [1.29, 1.82) is 0 Å². The van der Waals surface area contributed by atoms with Gasteiger partial charge in [-0.15, -0.1) is 0 Å². The summed E-state index contributed by atoms with van der Waals surface area (Å²) < 4.78 is 16.1. The average molecular weight is 379 g/mol. The molecule has 3 N–H and O–H groups in total. The number of piperidine rings is 1. The summed E-state index contributed by atoms with van der Waals surface area (Å²) in [5.74, 6) is 0.385. The molecule has 8 nitrogen and oxygen atoms in total. The first-order valence-electron chi connectivity index (χ1n) is 9.03. The molecule has 1 saturated heterocycles. The fourth-order valence-electron chi connectivity index (χ4n) is 3.15. The third-order valence-electron chi connectivity index (χ3n) is 4.80. The van der Waals surface area contributed by atoms with Crippen LogP contribution in [0.1, 0.15) is 23.2 Å². The van der Waals surface area contributed by atoms with Crippen molar-refractivity contribution in [1.82, 2.24) is 16.0 Å². The quantitative estimate of drug-likeness (QED) is 0.580. The predicted molar refractivity (Wildman–Crippen MR) is 101 cm³/mol. The zero-order valence-corrected chi connectivity index (χ0v) is 16.2. The highest BCUT2D eigenvalue weighted by atomic mass is 16.5. The lowest BCUT2D eigenvalue weighted by Crippen LogP contribution is -2.47. The van der Waals surface area contributed by atoms with Crippen LogP contribution < -0.4 is 25.4 Å². The molecule has 1 aromatic carbocycles. The van der Waals surface area contributed by atoms with Crippen LogP contribution in [0.15, 0.2) is 18.2 Å². The van der Waals surface area contributed by atoms with Crippen molar-refractivity contribution in [3.8, 4) is 11.5 Å². The van der Waals surface area contributed by atoms with Crippen LogP contribution in [0.3, 0.4) is 0 Å². The molecule has 27 heavy (non-hydrogen) atoms. The summed E-state index contributed by atoms with van der Waals surface area (Å²) in [7, 11) is 4.72. The van der Waals surface area contributed by atoms with E-state index in [4.69, 9.17) is 14.2 Å². The first-order chi connectivity index (χ1) is 13.0. The molecule has 0 aliphatic carbocycles. The van der Waals surface area contributed by atoms with Gasteiger partial charge < -0.3 is 30.2 Å². The number of amides is 2. The van der Waals surface area contributed by atoms with Gasteiger partial charge in [-0.25, -0.2) is 0 Å². The Balaban J connectivity index is 2.01. The molecule has 2 amide bonds. The minimum Gasteiger partial charge on any atom is -0.493 e. The van der Waals surface area contributed by atoms with Gasteiger partial charge in [0.25, 0.3) is 11.8 Å². The highest BCUT2D eigenvalue weighted by Gasteiger charge is 2.32. The number of benzene rings is 1. The number of methoxy groups -OCH3 is 2. The van der Waals surface area contributed by atoms with Crippen molar-refractivity contribution in [2.45, 2.75) is 12.8 Å². The van der Waals surface area contributed by atoms with Crippen LogP contribution >= 0.6 is 0 Å². The summed E-state index contributed by atoms with van der Waals surface area (Å²) in [6, 6.07) is 4.90. The summed E-state index contributed by atoms with van der Waals surface area (Å²) >= 11 is 0. The molecular weight excluding hydrogens is 350 g/mol. The van der Waals surface area contributed by atoms with E-state index in [0.29, 0.717) is 30.2 Å². The van der Waals surface area contributed by atoms with Gasteiger partial charge in [0.15, 0.2) is 18.1 Å². The summed E-state index contributed by atoms with van der Waals surface area (Å²) in [6.07, 6.45) is 1.91. The number of nitrogens with one attached hydrogen (secondary N) is 3. The Morgan fingerprint density at radius 1 is 1.19 bits per heavy atom. The second-order valence-electron chi connectivity index (χ2n) is 6.69. The van der Waals surface area contributed by atoms with Crippen LogP contribution in [0.2, 0.25) is 0 Å². The Labute approximate surface area is 159 Å². The van der Waals surface area contributed by atoms with E-state index in [1.54, 1.807) is 25.3 Å². The molecular formula is C19H29N3O5. The van der Waals surface area contributed by atoms with Crippen molar-refractivity contribution in [3.63, 3.8) is 0 Å². The van der Waals surface area contributed by atoms with E-state index in [-0.39, 0.29) is 23.8 Å². The van der Waals surface area contributed by atoms with Crippen molar-refractivity contribution < 1.29 is 23.8 Å². The minimum atomic E-state index is -0.246. The van der Waals surface area contributed by atoms with Gasteiger partial charge in [-0.2, -0.15) is 0 Å². The van der Waals surface area contributed by atoms with E-state index in [1.165, 1.54) is 14.2 Å². The first-order valence-corrected chi connectivity index (χ1v) is 9.03. The number of hydrogen-bond donors (Lipinski definition) is 3. The Morgan fingerprint density at radius 2 is 1.93 bits per heavy atom. The Kier molecular flexibility index (Phi) is 7.87. The lowest BCUT2D eigenvalue weighted by Gasteiger charge is -2.37. The molecule has 1 heterocycles. The van der Waals surface area contributed by atoms with Crippen LogP contribution in [-0.2, 0) is 9.53 Å². The van der Waals surface area contributed by atoms with E-state index in [9.17, 15) is 9.59 Å². The molecule has 0 bridgehead atoms. The average Bonchev–Trinajstić information content (AvgIpc) is 2.71. The number of hydrogen-bond acceptors (Lipinski definition) is 6. The van der Waals surface area contributed by atoms with E-state index in [1.807, 2.05) is 0 Å². The summed E-state index contributed by atoms with van der Waals surface area (Å²) in [6.45, 7) is 2.89. The highest BCUT2D eigenvalue weighted by molar-refractivity contribution is 5.95. The van der Waals surface area contributed by atoms with E-state index >= 15 is 0 Å². The van der Waals surface area contributed by atoms with Gasteiger partial charge in [0.05, 0.1) is 13.7 Å². The van der Waals surface area contributed by atoms with E-state index in [0.717, 1.165) is 25.9 Å². The number of carbonyl (C=O) groups excluding carboxylic acids is 2. The normalized spacial score (nSPS) is 15.7. The third-order valence-corrected chi connectivity index (χ3v) is 4.80. The number of likely N-dealkylation sites (N-methyl/N-ethyl adjacent to an activating group) is 1. The van der Waals surface area contributed by atoms with Gasteiger partial charge in [0.1, 0.15) is 0 Å². The Hall–Kier alpha value is -2.32. The second kappa shape index (κ2) is 10.1. The zero-order chi connectivity index (χ0) is 19.7. The smallest absolute Gasteiger partial charge is 0.257 e. The van der Waals surface area contributed by atoms with E-state index in [2.05, 4.69) is 16.0 Å². The van der Waals surface area contributed by atoms with Crippen LogP contribution in [0.4, 0.5) is 0 Å². The van der Waals surface area contributed by atoms with Crippen molar-refractivity contribution in [3.05, 3.63) is 23.8 Å². The SMILES string of the molecule is CNC(=O)COc1ccc(C(=O)NCC2(COC)CCNCC2)cc1OC. The molecule has 0 radical (unpaired) electrons. The molecule has 0 aromatic heterocycles. The van der Waals surface area contributed by atoms with Crippen molar-refractivity contribution >= 4 is 11.8 Å². The van der Waals surface area contributed by atoms with Crippen molar-refractivity contribution in [2.24, 2.45) is 5.41 Å². The molecule has 0 saturated carbocycles. The van der Waals surface area contributed by atoms with Gasteiger partial charge in [0, 0.05) is 31.7 Å². The number of rotatable bonds is 9. The highest BCUT2D eigenvalue weighted by Crippen LogP contribution is 2.30. The fourth-order valence-corrected chi connectivity index (χ4v) is 3.15. The molecule has 1 aromatic rings. The molecule has 1 fully saturated rings. The Bertz CT molecular complexity index is 639. The maximum absolute atomic E-state index is 12.6. The van der Waals surface area contributed by atoms with Gasteiger partial charge >= 0.3 is 0 Å². The summed E-state index contributed by atoms with van der Waals surface area (Å²) in [5, 5.41) is 8.83. The van der Waals surface area contributed by atoms with Gasteiger partial charge in [0.2, 0.25) is 0 Å². The second-order valence-corrected chi connectivity index (χ2v) is 6.69. The van der Waals surface area contributed by atoms with E-state index < -0.39 is 0 Å². The standard InChI is InChI=1S/C19H29N3O5/c1-20-17(23)11-27-15-5-4-14(10-16(15)26-3)18(24)22-12-19(13-25-2)6-8-21-9-7-19/h4-5,10,21H,6-9,11-13H2,1-3H3,(H,20,23)(H,22,24). The lowest BCUT2D eigenvalue weighted by molar-refractivity contribution is -0.122. The molecule has 0 spiro atoms. The zero-order valence-electron chi connectivity index (χ0n) is 16.2. The van der Waals surface area contributed by atoms with Gasteiger partial charge in [-0.3, -0.25) is 9.59 Å². The molecule has 1 aliphatic heterocycles. The monoisotopic (exact) mass is 379 g/mol. The molecule has 1 aliphatic rings.